The molecule has 1 fully saturated rings. The minimum absolute atomic E-state index is 0.00649. The lowest BCUT2D eigenvalue weighted by Gasteiger charge is -2.25. The number of fused-ring (bicyclic) bond motifs is 1. The van der Waals surface area contributed by atoms with Gasteiger partial charge in [-0.05, 0) is 42.2 Å². The van der Waals surface area contributed by atoms with Crippen molar-refractivity contribution in [3.8, 4) is 0 Å². The fourth-order valence-corrected chi connectivity index (χ4v) is 5.60. The molecule has 0 aromatic heterocycles. The molecule has 0 aliphatic carbocycles. The van der Waals surface area contributed by atoms with Gasteiger partial charge in [0.25, 0.3) is 5.91 Å². The van der Waals surface area contributed by atoms with Crippen LogP contribution in [0.15, 0.2) is 90.6 Å². The van der Waals surface area contributed by atoms with Crippen LogP contribution in [-0.4, -0.2) is 47.8 Å². The molecule has 2 aliphatic heterocycles. The molecule has 3 aromatic carbocycles. The molecule has 0 radical (unpaired) electrons. The molecule has 1 N–H and O–H groups in total. The summed E-state index contributed by atoms with van der Waals surface area (Å²) in [5.74, 6) is -1.03. The Hall–Kier alpha value is -3.48. The average Bonchev–Trinajstić information content (AvgIpc) is 3.50. The number of rotatable bonds is 8. The van der Waals surface area contributed by atoms with Crippen molar-refractivity contribution in [2.45, 2.75) is 25.3 Å². The van der Waals surface area contributed by atoms with Gasteiger partial charge in [0.2, 0.25) is 5.91 Å². The van der Waals surface area contributed by atoms with E-state index in [0.717, 1.165) is 37.2 Å². The molecular weight excluding hydrogens is 501 g/mol. The Morgan fingerprint density at radius 3 is 2.32 bits per heavy atom. The molecule has 1 saturated heterocycles. The number of hydrogen-bond donors (Lipinski definition) is 1. The maximum absolute atomic E-state index is 14.3. The van der Waals surface area contributed by atoms with Crippen LogP contribution in [0.1, 0.15) is 46.8 Å². The van der Waals surface area contributed by atoms with Gasteiger partial charge < -0.3 is 10.2 Å². The second kappa shape index (κ2) is 11.5. The van der Waals surface area contributed by atoms with Gasteiger partial charge in [-0.2, -0.15) is 0 Å². The predicted molar refractivity (Wildman–Crippen MR) is 147 cm³/mol. The monoisotopic (exact) mass is 531 g/mol. The van der Waals surface area contributed by atoms with Crippen molar-refractivity contribution >= 4 is 23.4 Å². The highest BCUT2D eigenvalue weighted by Crippen LogP contribution is 2.32. The molecule has 5 rings (SSSR count). The molecular formula is C31H31ClFN3O2. The summed E-state index contributed by atoms with van der Waals surface area (Å²) in [6.07, 6.45) is 2.62. The Morgan fingerprint density at radius 2 is 1.66 bits per heavy atom. The third kappa shape index (κ3) is 5.66. The van der Waals surface area contributed by atoms with E-state index in [1.165, 1.54) is 23.8 Å². The minimum Gasteiger partial charge on any atom is -0.349 e. The van der Waals surface area contributed by atoms with Crippen LogP contribution in [0.4, 0.5) is 4.39 Å². The summed E-state index contributed by atoms with van der Waals surface area (Å²) in [5.41, 5.74) is 3.17. The van der Waals surface area contributed by atoms with Crippen LogP contribution in [0, 0.1) is 11.7 Å². The molecule has 2 unspecified atom stereocenters. The van der Waals surface area contributed by atoms with Gasteiger partial charge >= 0.3 is 0 Å². The number of likely N-dealkylation sites (tertiary alicyclic amines) is 1. The first-order chi connectivity index (χ1) is 18.4. The molecule has 0 saturated carbocycles. The lowest BCUT2D eigenvalue weighted by Crippen LogP contribution is -2.35. The van der Waals surface area contributed by atoms with Crippen LogP contribution in [0.2, 0.25) is 5.02 Å². The first kappa shape index (κ1) is 26.1. The fraction of sp³-hybridized carbons (Fsp3) is 0.290. The lowest BCUT2D eigenvalue weighted by atomic mass is 9.98. The van der Waals surface area contributed by atoms with Crippen LogP contribution in [-0.2, 0) is 4.79 Å². The molecule has 3 aromatic rings. The topological polar surface area (TPSA) is 52.7 Å². The second-order valence-corrected chi connectivity index (χ2v) is 10.5. The molecule has 2 aliphatic rings. The lowest BCUT2D eigenvalue weighted by molar-refractivity contribution is -0.123. The van der Waals surface area contributed by atoms with E-state index in [-0.39, 0.29) is 34.4 Å². The molecule has 38 heavy (non-hydrogen) atoms. The number of hydrogen-bond acceptors (Lipinski definition) is 3. The Labute approximate surface area is 227 Å². The van der Waals surface area contributed by atoms with Gasteiger partial charge in [-0.25, -0.2) is 4.39 Å². The molecule has 2 heterocycles. The van der Waals surface area contributed by atoms with E-state index in [1.54, 1.807) is 4.90 Å². The van der Waals surface area contributed by atoms with Gasteiger partial charge in [0.05, 0.1) is 22.5 Å². The first-order valence-electron chi connectivity index (χ1n) is 13.0. The molecule has 0 bridgehead atoms. The predicted octanol–water partition coefficient (Wildman–Crippen LogP) is 5.80. The van der Waals surface area contributed by atoms with Crippen molar-refractivity contribution in [3.63, 3.8) is 0 Å². The van der Waals surface area contributed by atoms with E-state index in [2.05, 4.69) is 22.3 Å². The van der Waals surface area contributed by atoms with Crippen LogP contribution in [0.25, 0.3) is 0 Å². The maximum Gasteiger partial charge on any atom is 0.262 e. The number of nitrogens with one attached hydrogen (secondary N) is 1. The number of amides is 2. The normalized spacial score (nSPS) is 18.6. The third-order valence-corrected chi connectivity index (χ3v) is 7.85. The van der Waals surface area contributed by atoms with Gasteiger partial charge in [-0.15, -0.1) is 0 Å². The molecule has 3 atom stereocenters. The van der Waals surface area contributed by atoms with Crippen LogP contribution >= 0.6 is 11.6 Å². The Kier molecular flexibility index (Phi) is 7.91. The summed E-state index contributed by atoms with van der Waals surface area (Å²) < 4.78 is 14.3. The number of halogens is 2. The van der Waals surface area contributed by atoms with E-state index in [4.69, 9.17) is 11.6 Å². The van der Waals surface area contributed by atoms with Gasteiger partial charge in [-0.3, -0.25) is 14.5 Å². The smallest absolute Gasteiger partial charge is 0.262 e. The number of nitrogens with zero attached hydrogens (tertiary/aromatic N) is 2. The van der Waals surface area contributed by atoms with E-state index in [0.29, 0.717) is 6.54 Å². The van der Waals surface area contributed by atoms with Crippen molar-refractivity contribution in [3.05, 3.63) is 118 Å². The van der Waals surface area contributed by atoms with Crippen LogP contribution in [0.3, 0.4) is 0 Å². The summed E-state index contributed by atoms with van der Waals surface area (Å²) in [4.78, 5) is 30.0. The largest absolute Gasteiger partial charge is 0.349 e. The number of carbonyl (C=O) groups is 2. The van der Waals surface area contributed by atoms with Crippen molar-refractivity contribution in [2.24, 2.45) is 5.92 Å². The highest BCUT2D eigenvalue weighted by molar-refractivity contribution is 6.33. The Bertz CT molecular complexity index is 1310. The molecule has 2 amide bonds. The first-order valence-corrected chi connectivity index (χ1v) is 13.4. The quantitative estimate of drug-likeness (QED) is 0.399. The van der Waals surface area contributed by atoms with E-state index >= 15 is 0 Å². The third-order valence-electron chi connectivity index (χ3n) is 7.53. The average molecular weight is 532 g/mol. The van der Waals surface area contributed by atoms with Crippen molar-refractivity contribution in [2.75, 3.05) is 26.2 Å². The SMILES string of the molecule is CC(C(=O)N[C@@H](CCN1CC2=CN(C(=O)c3c(F)cccc3Cl)CC2C1)c1ccccc1)c1ccccc1. The summed E-state index contributed by atoms with van der Waals surface area (Å²) in [7, 11) is 0. The van der Waals surface area contributed by atoms with Gasteiger partial charge in [0, 0.05) is 38.3 Å². The van der Waals surface area contributed by atoms with Crippen molar-refractivity contribution in [1.82, 2.24) is 15.1 Å². The van der Waals surface area contributed by atoms with Crippen LogP contribution < -0.4 is 5.32 Å². The Morgan fingerprint density at radius 1 is 0.974 bits per heavy atom. The zero-order valence-electron chi connectivity index (χ0n) is 21.3. The zero-order valence-corrected chi connectivity index (χ0v) is 22.1. The van der Waals surface area contributed by atoms with Gasteiger partial charge in [-0.1, -0.05) is 78.3 Å². The summed E-state index contributed by atoms with van der Waals surface area (Å²) in [6, 6.07) is 24.1. The van der Waals surface area contributed by atoms with Crippen molar-refractivity contribution in [1.29, 1.82) is 0 Å². The van der Waals surface area contributed by atoms with Crippen LogP contribution in [0.5, 0.6) is 0 Å². The molecule has 196 valence electrons. The number of carbonyl (C=O) groups excluding carboxylic acids is 2. The maximum atomic E-state index is 14.3. The van der Waals surface area contributed by atoms with E-state index in [1.807, 2.05) is 61.7 Å². The van der Waals surface area contributed by atoms with Gasteiger partial charge in [0.15, 0.2) is 0 Å². The van der Waals surface area contributed by atoms with E-state index < -0.39 is 11.7 Å². The molecule has 0 spiro atoms. The molecule has 5 nitrogen and oxygen atoms in total. The van der Waals surface area contributed by atoms with Gasteiger partial charge in [0.1, 0.15) is 5.82 Å². The van der Waals surface area contributed by atoms with Crippen molar-refractivity contribution < 1.29 is 14.0 Å². The highest BCUT2D eigenvalue weighted by Gasteiger charge is 2.36. The fourth-order valence-electron chi connectivity index (χ4n) is 5.36. The summed E-state index contributed by atoms with van der Waals surface area (Å²) in [6.45, 7) is 4.82. The Balaban J connectivity index is 1.22. The standard InChI is InChI=1S/C31H31ClFN3O2/c1-21(22-9-4-2-5-10-22)30(37)34-28(23-11-6-3-7-12-23)15-16-35-17-24-19-36(20-25(24)18-35)31(38)29-26(32)13-8-14-27(29)33/h2-14,19,21,25,28H,15-18,20H2,1H3,(H,34,37)/t21?,25?,28-/m0/s1. The zero-order chi connectivity index (χ0) is 26.6. The summed E-state index contributed by atoms with van der Waals surface area (Å²) >= 11 is 6.11. The minimum atomic E-state index is -0.602. The number of benzene rings is 3. The molecule has 7 heteroatoms. The van der Waals surface area contributed by atoms with E-state index in [9.17, 15) is 14.0 Å². The summed E-state index contributed by atoms with van der Waals surface area (Å²) in [5, 5.41) is 3.40. The highest BCUT2D eigenvalue weighted by atomic mass is 35.5. The second-order valence-electron chi connectivity index (χ2n) is 10.1.